The maximum Gasteiger partial charge on any atom is 0.227 e. The third-order valence-corrected chi connectivity index (χ3v) is 4.78. The van der Waals surface area contributed by atoms with Gasteiger partial charge in [-0.15, -0.1) is 0 Å². The van der Waals surface area contributed by atoms with E-state index in [-0.39, 0.29) is 18.1 Å². The molecule has 0 bridgehead atoms. The van der Waals surface area contributed by atoms with Gasteiger partial charge in [0.25, 0.3) is 0 Å². The molecule has 0 aliphatic carbocycles. The molecule has 2 aromatic rings. The van der Waals surface area contributed by atoms with Crippen LogP contribution in [0, 0.1) is 5.82 Å². The number of rotatable bonds is 6. The molecule has 3 rings (SSSR count). The van der Waals surface area contributed by atoms with Crippen molar-refractivity contribution < 1.29 is 13.9 Å². The highest BCUT2D eigenvalue weighted by molar-refractivity contribution is 5.79. The van der Waals surface area contributed by atoms with Gasteiger partial charge >= 0.3 is 0 Å². The molecule has 2 heterocycles. The van der Waals surface area contributed by atoms with Crippen molar-refractivity contribution in [1.29, 1.82) is 0 Å². The van der Waals surface area contributed by atoms with Gasteiger partial charge in [-0.05, 0) is 42.3 Å². The second-order valence-electron chi connectivity index (χ2n) is 6.46. The summed E-state index contributed by atoms with van der Waals surface area (Å²) in [4.78, 5) is 20.8. The molecule has 0 atom stereocenters. The Kier molecular flexibility index (Phi) is 6.17. The molecule has 1 fully saturated rings. The van der Waals surface area contributed by atoms with E-state index in [0.29, 0.717) is 24.4 Å². The highest BCUT2D eigenvalue weighted by atomic mass is 19.1. The lowest BCUT2D eigenvalue weighted by molar-refractivity contribution is -0.132. The van der Waals surface area contributed by atoms with Crippen molar-refractivity contribution in [2.24, 2.45) is 0 Å². The first-order valence-electron chi connectivity index (χ1n) is 8.87. The van der Waals surface area contributed by atoms with E-state index < -0.39 is 0 Å². The Hall–Kier alpha value is -2.47. The summed E-state index contributed by atoms with van der Waals surface area (Å²) >= 11 is 0. The van der Waals surface area contributed by atoms with Crippen molar-refractivity contribution >= 4 is 5.91 Å². The molecule has 1 aliphatic heterocycles. The summed E-state index contributed by atoms with van der Waals surface area (Å²) in [6.45, 7) is 4.09. The number of aromatic nitrogens is 1. The first kappa shape index (κ1) is 18.3. The van der Waals surface area contributed by atoms with Crippen LogP contribution in [0.2, 0.25) is 0 Å². The minimum Gasteiger partial charge on any atom is -0.496 e. The maximum absolute atomic E-state index is 13.5. The fourth-order valence-electron chi connectivity index (χ4n) is 3.22. The van der Waals surface area contributed by atoms with Crippen LogP contribution in [0.5, 0.6) is 5.75 Å². The van der Waals surface area contributed by atoms with Gasteiger partial charge in [0, 0.05) is 50.7 Å². The topological polar surface area (TPSA) is 45.7 Å². The van der Waals surface area contributed by atoms with Crippen LogP contribution in [-0.2, 0) is 17.6 Å². The number of pyridine rings is 1. The number of hydrogen-bond donors (Lipinski definition) is 0. The predicted molar refractivity (Wildman–Crippen MR) is 97.6 cm³/mol. The Labute approximate surface area is 153 Å². The zero-order chi connectivity index (χ0) is 18.4. The number of amides is 1. The fourth-order valence-corrected chi connectivity index (χ4v) is 3.22. The van der Waals surface area contributed by atoms with Gasteiger partial charge in [0.15, 0.2) is 0 Å². The highest BCUT2D eigenvalue weighted by Gasteiger charge is 2.22. The average Bonchev–Trinajstić information content (AvgIpc) is 2.68. The lowest BCUT2D eigenvalue weighted by Gasteiger charge is -2.35. The number of nitrogens with zero attached hydrogens (tertiary/aromatic N) is 3. The van der Waals surface area contributed by atoms with Crippen molar-refractivity contribution in [2.45, 2.75) is 12.8 Å². The number of piperazine rings is 1. The van der Waals surface area contributed by atoms with Crippen molar-refractivity contribution in [1.82, 2.24) is 14.8 Å². The van der Waals surface area contributed by atoms with Crippen LogP contribution in [-0.4, -0.2) is 60.5 Å². The first-order chi connectivity index (χ1) is 12.7. The minimum atomic E-state index is -0.352. The molecule has 0 N–H and O–H groups in total. The van der Waals surface area contributed by atoms with Gasteiger partial charge in [-0.1, -0.05) is 0 Å². The zero-order valence-electron chi connectivity index (χ0n) is 15.0. The van der Waals surface area contributed by atoms with E-state index in [9.17, 15) is 9.18 Å². The molecule has 5 nitrogen and oxygen atoms in total. The van der Waals surface area contributed by atoms with Gasteiger partial charge in [0.2, 0.25) is 5.91 Å². The third kappa shape index (κ3) is 4.79. The molecular formula is C20H24FN3O2. The fraction of sp³-hybridized carbons (Fsp3) is 0.400. The number of methoxy groups -OCH3 is 1. The molecule has 0 saturated carbocycles. The molecule has 1 aliphatic rings. The molecule has 0 radical (unpaired) electrons. The van der Waals surface area contributed by atoms with Crippen LogP contribution in [0.3, 0.4) is 0 Å². The molecule has 1 aromatic heterocycles. The van der Waals surface area contributed by atoms with E-state index in [1.807, 2.05) is 29.4 Å². The molecule has 26 heavy (non-hydrogen) atoms. The molecule has 1 saturated heterocycles. The van der Waals surface area contributed by atoms with E-state index >= 15 is 0 Å². The molecule has 6 heteroatoms. The Morgan fingerprint density at radius 1 is 1.15 bits per heavy atom. The zero-order valence-corrected chi connectivity index (χ0v) is 15.0. The third-order valence-electron chi connectivity index (χ3n) is 4.78. The van der Waals surface area contributed by atoms with Gasteiger partial charge in [-0.2, -0.15) is 0 Å². The molecule has 1 aromatic carbocycles. The van der Waals surface area contributed by atoms with Crippen molar-refractivity contribution in [3.05, 3.63) is 59.7 Å². The second kappa shape index (κ2) is 8.76. The summed E-state index contributed by atoms with van der Waals surface area (Å²) < 4.78 is 18.7. The minimum absolute atomic E-state index is 0.0164. The van der Waals surface area contributed by atoms with E-state index in [0.717, 1.165) is 26.1 Å². The van der Waals surface area contributed by atoms with Crippen LogP contribution in [0.25, 0.3) is 0 Å². The highest BCUT2D eigenvalue weighted by Crippen LogP contribution is 2.20. The van der Waals surface area contributed by atoms with E-state index in [1.165, 1.54) is 24.8 Å². The average molecular weight is 357 g/mol. The number of benzene rings is 1. The molecule has 1 amide bonds. The SMILES string of the molecule is COc1ccc(F)cc1CC(=O)N1CCN(CCc2ccncc2)CC1. The molecule has 0 spiro atoms. The number of hydrogen-bond acceptors (Lipinski definition) is 4. The Balaban J connectivity index is 1.48. The van der Waals surface area contributed by atoms with Crippen LogP contribution < -0.4 is 4.74 Å². The van der Waals surface area contributed by atoms with Gasteiger partial charge in [-0.25, -0.2) is 4.39 Å². The van der Waals surface area contributed by atoms with Gasteiger partial charge in [-0.3, -0.25) is 14.7 Å². The van der Waals surface area contributed by atoms with E-state index in [1.54, 1.807) is 6.07 Å². The van der Waals surface area contributed by atoms with Crippen LogP contribution in [0.4, 0.5) is 4.39 Å². The van der Waals surface area contributed by atoms with Crippen LogP contribution in [0.1, 0.15) is 11.1 Å². The summed E-state index contributed by atoms with van der Waals surface area (Å²) in [6, 6.07) is 8.35. The summed E-state index contributed by atoms with van der Waals surface area (Å²) in [5.41, 5.74) is 1.87. The predicted octanol–water partition coefficient (Wildman–Crippen LogP) is 2.16. The molecule has 0 unspecified atom stereocenters. The van der Waals surface area contributed by atoms with E-state index in [4.69, 9.17) is 4.74 Å². The van der Waals surface area contributed by atoms with Crippen molar-refractivity contribution in [2.75, 3.05) is 39.8 Å². The second-order valence-corrected chi connectivity index (χ2v) is 6.46. The number of halogens is 1. The number of carbonyl (C=O) groups excluding carboxylic acids is 1. The van der Waals surface area contributed by atoms with Crippen LogP contribution >= 0.6 is 0 Å². The van der Waals surface area contributed by atoms with Crippen molar-refractivity contribution in [3.63, 3.8) is 0 Å². The monoisotopic (exact) mass is 357 g/mol. The summed E-state index contributed by atoms with van der Waals surface area (Å²) in [7, 11) is 1.53. The Bertz CT molecular complexity index is 731. The Morgan fingerprint density at radius 2 is 1.88 bits per heavy atom. The largest absolute Gasteiger partial charge is 0.496 e. The maximum atomic E-state index is 13.5. The molecule has 138 valence electrons. The molecular weight excluding hydrogens is 333 g/mol. The first-order valence-corrected chi connectivity index (χ1v) is 8.87. The summed E-state index contributed by atoms with van der Waals surface area (Å²) in [6.07, 6.45) is 4.77. The quantitative estimate of drug-likeness (QED) is 0.795. The van der Waals surface area contributed by atoms with Crippen LogP contribution in [0.15, 0.2) is 42.7 Å². The normalized spacial score (nSPS) is 15.1. The number of ether oxygens (including phenoxy) is 1. The number of carbonyl (C=O) groups is 1. The van der Waals surface area contributed by atoms with E-state index in [2.05, 4.69) is 9.88 Å². The summed E-state index contributed by atoms with van der Waals surface area (Å²) in [5.74, 6) is 0.216. The Morgan fingerprint density at radius 3 is 2.58 bits per heavy atom. The summed E-state index contributed by atoms with van der Waals surface area (Å²) in [5, 5.41) is 0. The van der Waals surface area contributed by atoms with Gasteiger partial charge < -0.3 is 9.64 Å². The standard InChI is InChI=1S/C20H24FN3O2/c1-26-19-3-2-18(21)14-17(19)15-20(25)24-12-10-23(11-13-24)9-6-16-4-7-22-8-5-16/h2-5,7-8,14H,6,9-13,15H2,1H3. The van der Waals surface area contributed by atoms with Gasteiger partial charge in [0.05, 0.1) is 13.5 Å². The lowest BCUT2D eigenvalue weighted by atomic mass is 10.1. The lowest BCUT2D eigenvalue weighted by Crippen LogP contribution is -2.49. The van der Waals surface area contributed by atoms with Gasteiger partial charge in [0.1, 0.15) is 11.6 Å². The smallest absolute Gasteiger partial charge is 0.227 e. The van der Waals surface area contributed by atoms with Crippen molar-refractivity contribution in [3.8, 4) is 5.75 Å².